The minimum Gasteiger partial charge on any atom is -0.367 e. The van der Waals surface area contributed by atoms with Crippen molar-refractivity contribution in [3.8, 4) is 0 Å². The van der Waals surface area contributed by atoms with Crippen LogP contribution < -0.4 is 5.32 Å². The zero-order valence-electron chi connectivity index (χ0n) is 18.2. The number of halogens is 2. The molecule has 0 bridgehead atoms. The summed E-state index contributed by atoms with van der Waals surface area (Å²) in [4.78, 5) is 8.98. The number of anilines is 1. The molecule has 32 heavy (non-hydrogen) atoms. The van der Waals surface area contributed by atoms with Gasteiger partial charge in [-0.1, -0.05) is 11.6 Å². The molecule has 1 atom stereocenters. The number of nitrogens with one attached hydrogen (secondary N) is 1. The molecule has 164 valence electrons. The van der Waals surface area contributed by atoms with Gasteiger partial charge in [0.2, 0.25) is 0 Å². The maximum absolute atomic E-state index is 13.8. The normalized spacial score (nSPS) is 19.8. The summed E-state index contributed by atoms with van der Waals surface area (Å²) in [5.41, 5.74) is 2.13. The van der Waals surface area contributed by atoms with Crippen LogP contribution in [0.2, 0.25) is 5.02 Å². The predicted molar refractivity (Wildman–Crippen MR) is 131 cm³/mol. The Hall–Kier alpha value is -2.72. The minimum atomic E-state index is -0.190. The van der Waals surface area contributed by atoms with E-state index in [0.29, 0.717) is 17.9 Å². The fraction of sp³-hybridized carbons (Fsp3) is 0.333. The molecule has 0 amide bonds. The van der Waals surface area contributed by atoms with Crippen molar-refractivity contribution in [2.24, 2.45) is 5.92 Å². The molecular formula is C27H27ClFN3. The summed E-state index contributed by atoms with van der Waals surface area (Å²) < 4.78 is 13.8. The van der Waals surface area contributed by atoms with Crippen molar-refractivity contribution in [3.05, 3.63) is 77.3 Å². The van der Waals surface area contributed by atoms with Gasteiger partial charge in [-0.05, 0) is 110 Å². The van der Waals surface area contributed by atoms with Gasteiger partial charge < -0.3 is 5.32 Å². The number of pyridine rings is 2. The van der Waals surface area contributed by atoms with Crippen molar-refractivity contribution < 1.29 is 4.39 Å². The molecule has 0 aliphatic heterocycles. The Bertz CT molecular complexity index is 1250. The van der Waals surface area contributed by atoms with Crippen LogP contribution in [-0.2, 0) is 0 Å². The molecule has 1 aliphatic rings. The predicted octanol–water partition coefficient (Wildman–Crippen LogP) is 7.74. The fourth-order valence-electron chi connectivity index (χ4n) is 5.26. The summed E-state index contributed by atoms with van der Waals surface area (Å²) in [6, 6.07) is 15.2. The highest BCUT2D eigenvalue weighted by Crippen LogP contribution is 2.40. The Kier molecular flexibility index (Phi) is 5.97. The summed E-state index contributed by atoms with van der Waals surface area (Å²) in [5, 5.41) is 7.53. The van der Waals surface area contributed by atoms with E-state index in [-0.39, 0.29) is 5.82 Å². The molecule has 0 saturated heterocycles. The van der Waals surface area contributed by atoms with Crippen molar-refractivity contribution in [3.63, 3.8) is 0 Å². The summed E-state index contributed by atoms with van der Waals surface area (Å²) in [7, 11) is 0. The SMILES string of the molecule is CC(CC1CCC(c2ccnc3ccc(F)cc23)CC1)Nc1nccc2cc(Cl)ccc12. The Balaban J connectivity index is 1.23. The monoisotopic (exact) mass is 447 g/mol. The first-order chi connectivity index (χ1) is 15.6. The molecule has 2 heterocycles. The molecule has 0 spiro atoms. The van der Waals surface area contributed by atoms with E-state index in [0.717, 1.165) is 51.8 Å². The number of hydrogen-bond donors (Lipinski definition) is 1. The van der Waals surface area contributed by atoms with Gasteiger partial charge in [-0.15, -0.1) is 0 Å². The van der Waals surface area contributed by atoms with Crippen molar-refractivity contribution in [1.29, 1.82) is 0 Å². The molecule has 3 nitrogen and oxygen atoms in total. The van der Waals surface area contributed by atoms with Gasteiger partial charge in [-0.3, -0.25) is 4.98 Å². The van der Waals surface area contributed by atoms with E-state index in [9.17, 15) is 4.39 Å². The summed E-state index contributed by atoms with van der Waals surface area (Å²) >= 11 is 6.14. The number of aromatic nitrogens is 2. The third-order valence-electron chi connectivity index (χ3n) is 6.82. The molecule has 5 heteroatoms. The number of nitrogens with zero attached hydrogens (tertiary/aromatic N) is 2. The van der Waals surface area contributed by atoms with E-state index < -0.39 is 0 Å². The lowest BCUT2D eigenvalue weighted by molar-refractivity contribution is 0.302. The van der Waals surface area contributed by atoms with E-state index in [1.165, 1.54) is 24.5 Å². The first kappa shape index (κ1) is 21.1. The third-order valence-corrected chi connectivity index (χ3v) is 7.06. The third kappa shape index (κ3) is 4.42. The van der Waals surface area contributed by atoms with Crippen LogP contribution in [0, 0.1) is 11.7 Å². The van der Waals surface area contributed by atoms with Crippen molar-refractivity contribution >= 4 is 39.1 Å². The lowest BCUT2D eigenvalue weighted by Gasteiger charge is -2.31. The van der Waals surface area contributed by atoms with Gasteiger partial charge in [-0.2, -0.15) is 0 Å². The van der Waals surface area contributed by atoms with Crippen LogP contribution in [0.25, 0.3) is 21.7 Å². The van der Waals surface area contributed by atoms with Gasteiger partial charge in [0, 0.05) is 34.2 Å². The van der Waals surface area contributed by atoms with Gasteiger partial charge in [0.15, 0.2) is 0 Å². The highest BCUT2D eigenvalue weighted by atomic mass is 35.5. The van der Waals surface area contributed by atoms with E-state index in [1.54, 1.807) is 12.1 Å². The smallest absolute Gasteiger partial charge is 0.134 e. The molecule has 0 radical (unpaired) electrons. The number of fused-ring (bicyclic) bond motifs is 2. The average Bonchev–Trinajstić information content (AvgIpc) is 2.79. The second-order valence-corrected chi connectivity index (χ2v) is 9.52. The molecular weight excluding hydrogens is 421 g/mol. The van der Waals surface area contributed by atoms with E-state index in [4.69, 9.17) is 11.6 Å². The van der Waals surface area contributed by atoms with Gasteiger partial charge >= 0.3 is 0 Å². The van der Waals surface area contributed by atoms with Gasteiger partial charge in [0.25, 0.3) is 0 Å². The van der Waals surface area contributed by atoms with E-state index in [1.807, 2.05) is 36.7 Å². The highest BCUT2D eigenvalue weighted by molar-refractivity contribution is 6.31. The molecule has 1 aliphatic carbocycles. The molecule has 1 N–H and O–H groups in total. The van der Waals surface area contributed by atoms with Crippen molar-refractivity contribution in [2.75, 3.05) is 5.32 Å². The van der Waals surface area contributed by atoms with E-state index >= 15 is 0 Å². The summed E-state index contributed by atoms with van der Waals surface area (Å²) in [6.07, 6.45) is 9.46. The lowest BCUT2D eigenvalue weighted by Crippen LogP contribution is -2.23. The topological polar surface area (TPSA) is 37.8 Å². The number of benzene rings is 2. The maximum Gasteiger partial charge on any atom is 0.134 e. The van der Waals surface area contributed by atoms with Gasteiger partial charge in [0.1, 0.15) is 11.6 Å². The van der Waals surface area contributed by atoms with Crippen LogP contribution in [0.15, 0.2) is 60.9 Å². The molecule has 4 aromatic rings. The zero-order chi connectivity index (χ0) is 22.1. The van der Waals surface area contributed by atoms with Crippen LogP contribution in [-0.4, -0.2) is 16.0 Å². The van der Waals surface area contributed by atoms with Crippen LogP contribution in [0.5, 0.6) is 0 Å². The molecule has 1 saturated carbocycles. The molecule has 2 aromatic heterocycles. The van der Waals surface area contributed by atoms with Gasteiger partial charge in [0.05, 0.1) is 5.52 Å². The summed E-state index contributed by atoms with van der Waals surface area (Å²) in [6.45, 7) is 2.24. The van der Waals surface area contributed by atoms with Crippen LogP contribution in [0.4, 0.5) is 10.2 Å². The van der Waals surface area contributed by atoms with Gasteiger partial charge in [-0.25, -0.2) is 9.37 Å². The highest BCUT2D eigenvalue weighted by Gasteiger charge is 2.25. The second kappa shape index (κ2) is 9.03. The Morgan fingerprint density at radius 1 is 0.969 bits per heavy atom. The lowest BCUT2D eigenvalue weighted by atomic mass is 9.76. The standard InChI is InChI=1S/C27H27ClFN3/c1-17(32-27-24-8-6-21(28)15-20(24)10-12-31-27)14-18-2-4-19(5-3-18)23-11-13-30-26-9-7-22(29)16-25(23)26/h6-13,15-19H,2-5,14H2,1H3,(H,31,32). The molecule has 5 rings (SSSR count). The molecule has 1 unspecified atom stereocenters. The molecule has 1 fully saturated rings. The van der Waals surface area contributed by atoms with Crippen LogP contribution in [0.1, 0.15) is 50.5 Å². The Morgan fingerprint density at radius 3 is 2.62 bits per heavy atom. The van der Waals surface area contributed by atoms with Crippen molar-refractivity contribution in [1.82, 2.24) is 9.97 Å². The summed E-state index contributed by atoms with van der Waals surface area (Å²) in [5.74, 6) is 1.89. The largest absolute Gasteiger partial charge is 0.367 e. The van der Waals surface area contributed by atoms with E-state index in [2.05, 4.69) is 28.3 Å². The number of hydrogen-bond acceptors (Lipinski definition) is 3. The quantitative estimate of drug-likeness (QED) is 0.340. The zero-order valence-corrected chi connectivity index (χ0v) is 18.9. The second-order valence-electron chi connectivity index (χ2n) is 9.09. The van der Waals surface area contributed by atoms with Crippen LogP contribution >= 0.6 is 11.6 Å². The average molecular weight is 448 g/mol. The first-order valence-corrected chi connectivity index (χ1v) is 11.8. The first-order valence-electron chi connectivity index (χ1n) is 11.4. The maximum atomic E-state index is 13.8. The van der Waals surface area contributed by atoms with Crippen LogP contribution in [0.3, 0.4) is 0 Å². The van der Waals surface area contributed by atoms with Crippen molar-refractivity contribution in [2.45, 2.75) is 51.0 Å². The Labute approximate surface area is 193 Å². The Morgan fingerprint density at radius 2 is 1.78 bits per heavy atom. The minimum absolute atomic E-state index is 0.190. The fourth-order valence-corrected chi connectivity index (χ4v) is 5.44. The number of rotatable bonds is 5. The molecule has 2 aromatic carbocycles.